The van der Waals surface area contributed by atoms with E-state index >= 15 is 0 Å². The first-order chi connectivity index (χ1) is 13.0. The highest BCUT2D eigenvalue weighted by atomic mass is 32.2. The van der Waals surface area contributed by atoms with Crippen LogP contribution in [0.4, 0.5) is 13.2 Å². The number of alkyl halides is 3. The largest absolute Gasteiger partial charge is 0.416 e. The number of nitrogens with one attached hydrogen (secondary N) is 1. The fourth-order valence-corrected chi connectivity index (χ4v) is 3.66. The molecule has 7 heteroatoms. The number of halogens is 3. The van der Waals surface area contributed by atoms with Gasteiger partial charge < -0.3 is 0 Å². The van der Waals surface area contributed by atoms with Gasteiger partial charge in [0.2, 0.25) is 10.0 Å². The van der Waals surface area contributed by atoms with Gasteiger partial charge in [0, 0.05) is 6.54 Å². The van der Waals surface area contributed by atoms with Gasteiger partial charge in [0.25, 0.3) is 0 Å². The number of terminal acetylenes is 2. The van der Waals surface area contributed by atoms with Crippen LogP contribution < -0.4 is 4.72 Å². The summed E-state index contributed by atoms with van der Waals surface area (Å²) in [5.74, 6) is 4.71. The molecule has 0 spiro atoms. The van der Waals surface area contributed by atoms with Crippen LogP contribution in [0.5, 0.6) is 0 Å². The van der Waals surface area contributed by atoms with Gasteiger partial charge in [-0.2, -0.15) is 13.2 Å². The van der Waals surface area contributed by atoms with Crippen molar-refractivity contribution < 1.29 is 21.6 Å². The zero-order valence-electron chi connectivity index (χ0n) is 15.0. The number of benzene rings is 2. The molecular weight excluding hydrogens is 387 g/mol. The summed E-state index contributed by atoms with van der Waals surface area (Å²) in [4.78, 5) is 0.0733. The molecule has 1 N–H and O–H groups in total. The van der Waals surface area contributed by atoms with Crippen molar-refractivity contribution in [2.24, 2.45) is 0 Å². The molecule has 0 saturated heterocycles. The molecule has 0 aliphatic heterocycles. The third kappa shape index (κ3) is 4.75. The smallest absolute Gasteiger partial charge is 0.211 e. The topological polar surface area (TPSA) is 46.2 Å². The molecule has 0 saturated carbocycles. The Balaban J connectivity index is 2.23. The maximum Gasteiger partial charge on any atom is 0.416 e. The van der Waals surface area contributed by atoms with E-state index in [1.807, 2.05) is 6.92 Å². The molecule has 0 heterocycles. The van der Waals surface area contributed by atoms with E-state index in [1.165, 1.54) is 24.3 Å². The van der Waals surface area contributed by atoms with Crippen molar-refractivity contribution >= 4 is 10.0 Å². The van der Waals surface area contributed by atoms with Crippen LogP contribution in [0, 0.1) is 31.6 Å². The monoisotopic (exact) mass is 405 g/mol. The van der Waals surface area contributed by atoms with Crippen molar-refractivity contribution in [1.29, 1.82) is 0 Å². The molecule has 0 unspecified atom stereocenters. The summed E-state index contributed by atoms with van der Waals surface area (Å²) in [6, 6.07) is 10.7. The van der Waals surface area contributed by atoms with Crippen molar-refractivity contribution in [1.82, 2.24) is 4.72 Å². The van der Waals surface area contributed by atoms with E-state index < -0.39 is 27.2 Å². The Morgan fingerprint density at radius 2 is 1.57 bits per heavy atom. The lowest BCUT2D eigenvalue weighted by molar-refractivity contribution is -0.137. The fourth-order valence-electron chi connectivity index (χ4n) is 2.63. The second-order valence-corrected chi connectivity index (χ2v) is 8.00. The van der Waals surface area contributed by atoms with Gasteiger partial charge in [-0.15, -0.1) is 12.8 Å². The van der Waals surface area contributed by atoms with Gasteiger partial charge in [0.05, 0.1) is 10.5 Å². The molecule has 28 heavy (non-hydrogen) atoms. The van der Waals surface area contributed by atoms with E-state index in [0.29, 0.717) is 0 Å². The summed E-state index contributed by atoms with van der Waals surface area (Å²) in [6.45, 7) is 1.69. The minimum absolute atomic E-state index is 0.0631. The molecule has 2 rings (SSSR count). The number of sulfonamides is 1. The first kappa shape index (κ1) is 21.6. The predicted octanol–water partition coefficient (Wildman–Crippen LogP) is 3.89. The van der Waals surface area contributed by atoms with Crippen molar-refractivity contribution in [2.45, 2.75) is 29.8 Å². The van der Waals surface area contributed by atoms with E-state index in [0.717, 1.165) is 17.7 Å². The van der Waals surface area contributed by atoms with Crippen molar-refractivity contribution in [3.05, 3.63) is 65.2 Å². The SMILES string of the molecule is C#CC(C#C)(CCNS(=O)(=O)c1ccc(C)cc1)c1cccc(C(F)(F)F)c1. The van der Waals surface area contributed by atoms with Crippen molar-refractivity contribution in [3.63, 3.8) is 0 Å². The zero-order valence-corrected chi connectivity index (χ0v) is 15.9. The molecule has 2 aromatic rings. The molecule has 2 aromatic carbocycles. The van der Waals surface area contributed by atoms with Gasteiger partial charge in [-0.1, -0.05) is 41.7 Å². The molecule has 0 aromatic heterocycles. The lowest BCUT2D eigenvalue weighted by Gasteiger charge is -2.24. The predicted molar refractivity (Wildman–Crippen MR) is 102 cm³/mol. The van der Waals surface area contributed by atoms with Crippen molar-refractivity contribution in [2.75, 3.05) is 6.54 Å². The lowest BCUT2D eigenvalue weighted by Crippen LogP contribution is -2.32. The number of aryl methyl sites for hydroxylation is 1. The average Bonchev–Trinajstić information content (AvgIpc) is 2.65. The molecule has 0 aliphatic carbocycles. The Bertz CT molecular complexity index is 1010. The summed E-state index contributed by atoms with van der Waals surface area (Å²) < 4.78 is 66.1. The maximum atomic E-state index is 13.0. The van der Waals surface area contributed by atoms with Crippen LogP contribution in [0.1, 0.15) is 23.1 Å². The quantitative estimate of drug-likeness (QED) is 0.742. The molecule has 0 atom stereocenters. The molecular formula is C21H18F3NO2S. The molecule has 0 aliphatic rings. The van der Waals surface area contributed by atoms with Gasteiger partial charge in [-0.05, 0) is 43.2 Å². The Labute approximate surface area is 163 Å². The van der Waals surface area contributed by atoms with Gasteiger partial charge in [-0.25, -0.2) is 13.1 Å². The van der Waals surface area contributed by atoms with Gasteiger partial charge in [0.15, 0.2) is 0 Å². The van der Waals surface area contributed by atoms with Crippen LogP contribution in [0.2, 0.25) is 0 Å². The molecule has 146 valence electrons. The van der Waals surface area contributed by atoms with Gasteiger partial charge >= 0.3 is 6.18 Å². The highest BCUT2D eigenvalue weighted by Gasteiger charge is 2.34. The van der Waals surface area contributed by atoms with E-state index in [-0.39, 0.29) is 23.4 Å². The third-order valence-corrected chi connectivity index (χ3v) is 5.78. The van der Waals surface area contributed by atoms with Crippen LogP contribution in [0.3, 0.4) is 0 Å². The Morgan fingerprint density at radius 3 is 2.11 bits per heavy atom. The lowest BCUT2D eigenvalue weighted by atomic mass is 9.78. The Hall–Kier alpha value is -2.74. The highest BCUT2D eigenvalue weighted by Crippen LogP contribution is 2.34. The van der Waals surface area contributed by atoms with E-state index in [9.17, 15) is 21.6 Å². The Kier molecular flexibility index (Phi) is 6.23. The van der Waals surface area contributed by atoms with Crippen LogP contribution >= 0.6 is 0 Å². The highest BCUT2D eigenvalue weighted by molar-refractivity contribution is 7.89. The first-order valence-electron chi connectivity index (χ1n) is 8.24. The van der Waals surface area contributed by atoms with Gasteiger partial charge in [0.1, 0.15) is 5.41 Å². The van der Waals surface area contributed by atoms with E-state index in [1.54, 1.807) is 12.1 Å². The van der Waals surface area contributed by atoms with E-state index in [4.69, 9.17) is 12.8 Å². The summed E-state index contributed by atoms with van der Waals surface area (Å²) in [6.07, 6.45) is 6.47. The third-order valence-electron chi connectivity index (χ3n) is 4.30. The minimum Gasteiger partial charge on any atom is -0.211 e. The molecule has 0 fully saturated rings. The molecule has 3 nitrogen and oxygen atoms in total. The van der Waals surface area contributed by atoms with E-state index in [2.05, 4.69) is 16.6 Å². The summed E-state index contributed by atoms with van der Waals surface area (Å²) >= 11 is 0. The standard InChI is InChI=1S/C21H18F3NO2S/c1-4-20(5-2,17-7-6-8-18(15-17)21(22,23)24)13-14-25-28(26,27)19-11-9-16(3)10-12-19/h1-2,6-12,15,25H,13-14H2,3H3. The first-order valence-corrected chi connectivity index (χ1v) is 9.72. The minimum atomic E-state index is -4.54. The molecule has 0 radical (unpaired) electrons. The van der Waals surface area contributed by atoms with Crippen molar-refractivity contribution in [3.8, 4) is 24.7 Å². The Morgan fingerprint density at radius 1 is 1.00 bits per heavy atom. The molecule has 0 amide bonds. The summed E-state index contributed by atoms with van der Waals surface area (Å²) in [5, 5.41) is 0. The fraction of sp³-hybridized carbons (Fsp3) is 0.238. The summed E-state index contributed by atoms with van der Waals surface area (Å²) in [7, 11) is -3.80. The maximum absolute atomic E-state index is 13.0. The summed E-state index contributed by atoms with van der Waals surface area (Å²) in [5.41, 5.74) is -1.33. The number of hydrogen-bond acceptors (Lipinski definition) is 2. The van der Waals surface area contributed by atoms with Crippen LogP contribution in [-0.4, -0.2) is 15.0 Å². The van der Waals surface area contributed by atoms with Gasteiger partial charge in [-0.3, -0.25) is 0 Å². The number of rotatable bonds is 6. The normalized spacial score (nSPS) is 12.2. The average molecular weight is 405 g/mol. The second kappa shape index (κ2) is 8.10. The zero-order chi connectivity index (χ0) is 21.0. The second-order valence-electron chi connectivity index (χ2n) is 6.23. The van der Waals surface area contributed by atoms with Crippen LogP contribution in [0.15, 0.2) is 53.4 Å². The molecule has 0 bridgehead atoms. The van der Waals surface area contributed by atoms with Crippen LogP contribution in [-0.2, 0) is 21.6 Å². The number of hydrogen-bond donors (Lipinski definition) is 1. The van der Waals surface area contributed by atoms with Crippen LogP contribution in [0.25, 0.3) is 0 Å².